The van der Waals surface area contributed by atoms with Crippen LogP contribution >= 0.6 is 11.3 Å². The Labute approximate surface area is 94.3 Å². The zero-order valence-corrected chi connectivity index (χ0v) is 10.4. The van der Waals surface area contributed by atoms with Crippen LogP contribution in [0.4, 0.5) is 0 Å². The fraction of sp³-hybridized carbons (Fsp3) is 0.444. The van der Waals surface area contributed by atoms with E-state index in [1.807, 2.05) is 18.7 Å². The third-order valence-corrected chi connectivity index (χ3v) is 4.51. The van der Waals surface area contributed by atoms with E-state index < -0.39 is 10.0 Å². The zero-order valence-electron chi connectivity index (χ0n) is 8.75. The van der Waals surface area contributed by atoms with Crippen molar-refractivity contribution in [1.82, 2.24) is 4.90 Å². The highest BCUT2D eigenvalue weighted by Gasteiger charge is 2.12. The lowest BCUT2D eigenvalue weighted by molar-refractivity contribution is 0.480. The Morgan fingerprint density at radius 1 is 1.47 bits per heavy atom. The van der Waals surface area contributed by atoms with E-state index in [2.05, 4.69) is 4.40 Å². The molecule has 15 heavy (non-hydrogen) atoms. The second-order valence-electron chi connectivity index (χ2n) is 2.85. The highest BCUT2D eigenvalue weighted by Crippen LogP contribution is 2.17. The topological polar surface area (TPSA) is 49.7 Å². The SMILES string of the molecule is CCN(/C=N/S(=O)(=O)c1cccs1)CC. The van der Waals surface area contributed by atoms with E-state index >= 15 is 0 Å². The Kier molecular flexibility index (Phi) is 4.28. The molecule has 1 aromatic heterocycles. The summed E-state index contributed by atoms with van der Waals surface area (Å²) in [4.78, 5) is 1.82. The molecular weight excluding hydrogens is 232 g/mol. The van der Waals surface area contributed by atoms with E-state index in [-0.39, 0.29) is 4.21 Å². The van der Waals surface area contributed by atoms with Gasteiger partial charge in [-0.1, -0.05) is 6.07 Å². The first kappa shape index (κ1) is 12.2. The molecule has 0 amide bonds. The summed E-state index contributed by atoms with van der Waals surface area (Å²) >= 11 is 1.18. The summed E-state index contributed by atoms with van der Waals surface area (Å²) in [6, 6.07) is 3.25. The molecule has 0 spiro atoms. The molecule has 0 aliphatic rings. The van der Waals surface area contributed by atoms with Crippen molar-refractivity contribution in [2.45, 2.75) is 18.1 Å². The molecule has 0 bridgehead atoms. The van der Waals surface area contributed by atoms with Gasteiger partial charge in [-0.3, -0.25) is 0 Å². The first-order chi connectivity index (χ1) is 7.10. The molecule has 1 heterocycles. The Morgan fingerprint density at radius 2 is 2.13 bits per heavy atom. The maximum absolute atomic E-state index is 11.6. The molecule has 0 N–H and O–H groups in total. The van der Waals surface area contributed by atoms with Crippen LogP contribution < -0.4 is 0 Å². The molecule has 0 unspecified atom stereocenters. The zero-order chi connectivity index (χ0) is 11.3. The van der Waals surface area contributed by atoms with Crippen molar-refractivity contribution < 1.29 is 8.42 Å². The van der Waals surface area contributed by atoms with Gasteiger partial charge in [0.2, 0.25) is 0 Å². The van der Waals surface area contributed by atoms with Crippen LogP contribution in [0.3, 0.4) is 0 Å². The van der Waals surface area contributed by atoms with E-state index in [9.17, 15) is 8.42 Å². The number of sulfonamides is 1. The summed E-state index contributed by atoms with van der Waals surface area (Å²) in [6.45, 7) is 5.40. The van der Waals surface area contributed by atoms with Crippen LogP contribution in [-0.4, -0.2) is 32.7 Å². The molecule has 6 heteroatoms. The van der Waals surface area contributed by atoms with Gasteiger partial charge in [0.15, 0.2) is 0 Å². The monoisotopic (exact) mass is 246 g/mol. The summed E-state index contributed by atoms with van der Waals surface area (Å²) < 4.78 is 27.1. The molecule has 0 aliphatic heterocycles. The number of rotatable bonds is 5. The summed E-state index contributed by atoms with van der Waals surface area (Å²) in [5.41, 5.74) is 0. The minimum absolute atomic E-state index is 0.283. The maximum atomic E-state index is 11.6. The van der Waals surface area contributed by atoms with Crippen LogP contribution in [0, 0.1) is 0 Å². The molecule has 0 radical (unpaired) electrons. The smallest absolute Gasteiger partial charge is 0.293 e. The van der Waals surface area contributed by atoms with E-state index in [0.717, 1.165) is 13.1 Å². The molecule has 4 nitrogen and oxygen atoms in total. The number of hydrogen-bond donors (Lipinski definition) is 0. The van der Waals surface area contributed by atoms with Crippen LogP contribution in [0.5, 0.6) is 0 Å². The quantitative estimate of drug-likeness (QED) is 0.588. The molecule has 0 saturated heterocycles. The fourth-order valence-electron chi connectivity index (χ4n) is 0.978. The molecule has 0 aromatic carbocycles. The van der Waals surface area contributed by atoms with Gasteiger partial charge in [0.05, 0.1) is 0 Å². The summed E-state index contributed by atoms with van der Waals surface area (Å²) in [5, 5.41) is 1.72. The maximum Gasteiger partial charge on any atom is 0.293 e. The third-order valence-electron chi connectivity index (χ3n) is 1.91. The second-order valence-corrected chi connectivity index (χ2v) is 5.66. The molecule has 1 aromatic rings. The molecule has 0 fully saturated rings. The Balaban J connectivity index is 2.82. The summed E-state index contributed by atoms with van der Waals surface area (Å²) in [7, 11) is -3.49. The Hall–Kier alpha value is -0.880. The highest BCUT2D eigenvalue weighted by molar-refractivity contribution is 7.92. The van der Waals surface area contributed by atoms with Gasteiger partial charge in [0.1, 0.15) is 10.5 Å². The Bertz CT molecular complexity index is 405. The number of hydrogen-bond acceptors (Lipinski definition) is 3. The lowest BCUT2D eigenvalue weighted by atomic mass is 10.6. The van der Waals surface area contributed by atoms with Gasteiger partial charge < -0.3 is 4.90 Å². The molecule has 1 rings (SSSR count). The number of thiophene rings is 1. The average molecular weight is 246 g/mol. The molecule has 84 valence electrons. The van der Waals surface area contributed by atoms with Crippen molar-refractivity contribution in [3.63, 3.8) is 0 Å². The minimum Gasteiger partial charge on any atom is -0.362 e. The third kappa shape index (κ3) is 3.32. The van der Waals surface area contributed by atoms with Crippen LogP contribution in [0.25, 0.3) is 0 Å². The van der Waals surface area contributed by atoms with Gasteiger partial charge >= 0.3 is 0 Å². The van der Waals surface area contributed by atoms with Crippen molar-refractivity contribution in [1.29, 1.82) is 0 Å². The average Bonchev–Trinajstić information content (AvgIpc) is 2.72. The lowest BCUT2D eigenvalue weighted by Gasteiger charge is -2.12. The molecule has 0 atom stereocenters. The summed E-state index contributed by atoms with van der Waals surface area (Å²) in [6.07, 6.45) is 1.38. The van der Waals surface area contributed by atoms with E-state index in [1.54, 1.807) is 17.5 Å². The van der Waals surface area contributed by atoms with E-state index in [4.69, 9.17) is 0 Å². The predicted molar refractivity (Wildman–Crippen MR) is 62.9 cm³/mol. The normalized spacial score (nSPS) is 12.1. The Morgan fingerprint density at radius 3 is 2.60 bits per heavy atom. The molecule has 0 saturated carbocycles. The van der Waals surface area contributed by atoms with E-state index in [0.29, 0.717) is 0 Å². The van der Waals surface area contributed by atoms with Gasteiger partial charge in [-0.25, -0.2) is 0 Å². The van der Waals surface area contributed by atoms with Crippen molar-refractivity contribution in [3.05, 3.63) is 17.5 Å². The van der Waals surface area contributed by atoms with Crippen molar-refractivity contribution >= 4 is 27.7 Å². The number of nitrogens with zero attached hydrogens (tertiary/aromatic N) is 2. The minimum atomic E-state index is -3.49. The molecular formula is C9H14N2O2S2. The standard InChI is InChI=1S/C9H14N2O2S2/c1-3-11(4-2)8-10-15(12,13)9-6-5-7-14-9/h5-8H,3-4H2,1-2H3/b10-8+. The van der Waals surface area contributed by atoms with Crippen LogP contribution in [0.1, 0.15) is 13.8 Å². The van der Waals surface area contributed by atoms with Gasteiger partial charge in [-0.05, 0) is 25.3 Å². The summed E-state index contributed by atoms with van der Waals surface area (Å²) in [5.74, 6) is 0. The van der Waals surface area contributed by atoms with Gasteiger partial charge in [-0.2, -0.15) is 8.42 Å². The van der Waals surface area contributed by atoms with E-state index in [1.165, 1.54) is 17.7 Å². The molecule has 0 aliphatic carbocycles. The van der Waals surface area contributed by atoms with Gasteiger partial charge in [-0.15, -0.1) is 15.7 Å². The van der Waals surface area contributed by atoms with Crippen molar-refractivity contribution in [3.8, 4) is 0 Å². The largest absolute Gasteiger partial charge is 0.362 e. The van der Waals surface area contributed by atoms with Crippen LogP contribution in [0.15, 0.2) is 26.1 Å². The van der Waals surface area contributed by atoms with Gasteiger partial charge in [0, 0.05) is 13.1 Å². The second kappa shape index (κ2) is 5.27. The lowest BCUT2D eigenvalue weighted by Crippen LogP contribution is -2.21. The van der Waals surface area contributed by atoms with Crippen LogP contribution in [0.2, 0.25) is 0 Å². The first-order valence-corrected chi connectivity index (χ1v) is 7.00. The van der Waals surface area contributed by atoms with Crippen molar-refractivity contribution in [2.75, 3.05) is 13.1 Å². The first-order valence-electron chi connectivity index (χ1n) is 4.68. The fourth-order valence-corrected chi connectivity index (χ4v) is 2.82. The van der Waals surface area contributed by atoms with Crippen LogP contribution in [-0.2, 0) is 10.0 Å². The van der Waals surface area contributed by atoms with Crippen molar-refractivity contribution in [2.24, 2.45) is 4.40 Å². The highest BCUT2D eigenvalue weighted by atomic mass is 32.2. The predicted octanol–water partition coefficient (Wildman–Crippen LogP) is 1.81. The van der Waals surface area contributed by atoms with Gasteiger partial charge in [0.25, 0.3) is 10.0 Å².